The molecule has 32 heavy (non-hydrogen) atoms. The summed E-state index contributed by atoms with van der Waals surface area (Å²) in [7, 11) is 1.89. The maximum atomic E-state index is 13.4. The van der Waals surface area contributed by atoms with Crippen molar-refractivity contribution < 1.29 is 13.5 Å². The second kappa shape index (κ2) is 7.80. The van der Waals surface area contributed by atoms with E-state index in [2.05, 4.69) is 16.0 Å². The van der Waals surface area contributed by atoms with Crippen LogP contribution in [0.1, 0.15) is 12.0 Å². The Balaban J connectivity index is 1.46. The molecule has 0 amide bonds. The molecule has 1 saturated carbocycles. The van der Waals surface area contributed by atoms with Crippen molar-refractivity contribution in [2.75, 3.05) is 22.2 Å². The van der Waals surface area contributed by atoms with Gasteiger partial charge in [-0.05, 0) is 35.9 Å². The Hall–Kier alpha value is -3.09. The number of hydrogen-bond donors (Lipinski definition) is 0. The first-order valence-electron chi connectivity index (χ1n) is 9.76. The largest absolute Gasteiger partial charge is 0.436 e. The van der Waals surface area contributed by atoms with Gasteiger partial charge in [0.25, 0.3) is 11.8 Å². The first kappa shape index (κ1) is 20.8. The van der Waals surface area contributed by atoms with Gasteiger partial charge in [0, 0.05) is 43.9 Å². The maximum Gasteiger partial charge on any atom is 0.257 e. The zero-order valence-electron chi connectivity index (χ0n) is 16.8. The summed E-state index contributed by atoms with van der Waals surface area (Å²) in [6.45, 7) is 0.292. The van der Waals surface area contributed by atoms with E-state index < -0.39 is 11.8 Å². The molecule has 1 unspecified atom stereocenters. The van der Waals surface area contributed by atoms with Gasteiger partial charge in [-0.2, -0.15) is 5.26 Å². The van der Waals surface area contributed by atoms with Gasteiger partial charge < -0.3 is 4.74 Å². The van der Waals surface area contributed by atoms with Gasteiger partial charge in [-0.15, -0.1) is 0 Å². The summed E-state index contributed by atoms with van der Waals surface area (Å²) in [6.07, 6.45) is 2.88. The predicted octanol–water partition coefficient (Wildman–Crippen LogP) is 5.94. The second-order valence-corrected chi connectivity index (χ2v) is 9.09. The van der Waals surface area contributed by atoms with E-state index in [4.69, 9.17) is 16.3 Å². The summed E-state index contributed by atoms with van der Waals surface area (Å²) in [5.74, 6) is -2.54. The number of ether oxygens (including phenoxy) is 1. The first-order valence-corrected chi connectivity index (χ1v) is 10.9. The number of anilines is 2. The van der Waals surface area contributed by atoms with E-state index in [1.165, 1.54) is 24.5 Å². The zero-order valence-corrected chi connectivity index (χ0v) is 18.4. The standard InChI is InChI=1S/C22H16ClF2N5OS/c1-29-19-8-13(3-5-18(19)30(32-29)12-15-10-22(15,24)25)17-9-16(4-2-14(17)11-26)31-21-20(23)27-6-7-28-21/h2-9,15H,10,12H2,1H3. The van der Waals surface area contributed by atoms with Crippen molar-refractivity contribution in [3.05, 3.63) is 59.5 Å². The third-order valence-corrected chi connectivity index (χ3v) is 6.65. The molecule has 1 fully saturated rings. The summed E-state index contributed by atoms with van der Waals surface area (Å²) >= 11 is 7.43. The van der Waals surface area contributed by atoms with E-state index >= 15 is 0 Å². The van der Waals surface area contributed by atoms with E-state index in [0.29, 0.717) is 23.4 Å². The Kier molecular flexibility index (Phi) is 5.07. The first-order chi connectivity index (χ1) is 15.4. The average Bonchev–Trinajstić information content (AvgIpc) is 3.26. The number of halogens is 3. The number of nitriles is 1. The Bertz CT molecular complexity index is 1250. The van der Waals surface area contributed by atoms with E-state index in [1.807, 2.05) is 33.9 Å². The zero-order chi connectivity index (χ0) is 22.5. The van der Waals surface area contributed by atoms with Gasteiger partial charge in [-0.1, -0.05) is 17.7 Å². The molecule has 0 N–H and O–H groups in total. The minimum Gasteiger partial charge on any atom is -0.436 e. The molecule has 162 valence electrons. The molecule has 0 radical (unpaired) electrons. The summed E-state index contributed by atoms with van der Waals surface area (Å²) in [4.78, 5) is 8.02. The van der Waals surface area contributed by atoms with Crippen LogP contribution in [0.4, 0.5) is 20.2 Å². The van der Waals surface area contributed by atoms with Crippen molar-refractivity contribution in [2.24, 2.45) is 5.92 Å². The molecule has 2 heterocycles. The van der Waals surface area contributed by atoms with Gasteiger partial charge in [0.05, 0.1) is 35.1 Å². The van der Waals surface area contributed by atoms with Crippen LogP contribution in [0.2, 0.25) is 5.15 Å². The lowest BCUT2D eigenvalue weighted by atomic mass is 9.99. The molecule has 1 aromatic heterocycles. The minimum absolute atomic E-state index is 0.0602. The maximum absolute atomic E-state index is 13.4. The summed E-state index contributed by atoms with van der Waals surface area (Å²) in [5, 5.41) is 9.75. The van der Waals surface area contributed by atoms with Gasteiger partial charge in [-0.3, -0.25) is 8.61 Å². The topological polar surface area (TPSA) is 65.3 Å². The lowest BCUT2D eigenvalue weighted by Gasteiger charge is -2.16. The summed E-state index contributed by atoms with van der Waals surface area (Å²) in [6, 6.07) is 13.0. The molecule has 0 saturated heterocycles. The van der Waals surface area contributed by atoms with Crippen molar-refractivity contribution in [2.45, 2.75) is 12.3 Å². The van der Waals surface area contributed by atoms with Crippen LogP contribution in [-0.4, -0.2) is 29.5 Å². The van der Waals surface area contributed by atoms with Gasteiger partial charge in [0.1, 0.15) is 5.75 Å². The normalized spacial score (nSPS) is 18.3. The second-order valence-electron chi connectivity index (χ2n) is 7.58. The Morgan fingerprint density at radius 2 is 2.00 bits per heavy atom. The van der Waals surface area contributed by atoms with E-state index in [1.54, 1.807) is 18.2 Å². The fraction of sp³-hybridized carbons (Fsp3) is 0.227. The third-order valence-electron chi connectivity index (χ3n) is 5.41. The molecule has 1 aliphatic carbocycles. The molecular formula is C22H16ClF2N5OS. The molecular weight excluding hydrogens is 456 g/mol. The number of rotatable bonds is 5. The van der Waals surface area contributed by atoms with Crippen molar-refractivity contribution in [3.8, 4) is 28.8 Å². The van der Waals surface area contributed by atoms with E-state index in [9.17, 15) is 14.0 Å². The third kappa shape index (κ3) is 3.80. The highest BCUT2D eigenvalue weighted by molar-refractivity contribution is 8.02. The molecule has 10 heteroatoms. The van der Waals surface area contributed by atoms with Crippen LogP contribution in [0.15, 0.2) is 48.8 Å². The fourth-order valence-electron chi connectivity index (χ4n) is 3.60. The van der Waals surface area contributed by atoms with Crippen LogP contribution in [0.25, 0.3) is 11.1 Å². The minimum atomic E-state index is -2.56. The molecule has 6 nitrogen and oxygen atoms in total. The quantitative estimate of drug-likeness (QED) is 0.427. The van der Waals surface area contributed by atoms with Crippen LogP contribution in [0.3, 0.4) is 0 Å². The van der Waals surface area contributed by atoms with Gasteiger partial charge in [0.15, 0.2) is 5.15 Å². The molecule has 5 rings (SSSR count). The van der Waals surface area contributed by atoms with Crippen LogP contribution in [0.5, 0.6) is 11.6 Å². The highest BCUT2D eigenvalue weighted by Gasteiger charge is 2.57. The molecule has 2 aromatic carbocycles. The molecule has 2 aliphatic rings. The number of benzene rings is 2. The summed E-state index contributed by atoms with van der Waals surface area (Å²) < 4.78 is 36.4. The van der Waals surface area contributed by atoms with Gasteiger partial charge in [0.2, 0.25) is 0 Å². The Labute approximate surface area is 192 Å². The van der Waals surface area contributed by atoms with E-state index in [0.717, 1.165) is 16.9 Å². The number of hydrogen-bond acceptors (Lipinski definition) is 7. The van der Waals surface area contributed by atoms with Crippen LogP contribution in [-0.2, 0) is 0 Å². The molecule has 1 atom stereocenters. The molecule has 0 spiro atoms. The lowest BCUT2D eigenvalue weighted by molar-refractivity contribution is 0.101. The van der Waals surface area contributed by atoms with Crippen LogP contribution >= 0.6 is 23.7 Å². The molecule has 0 bridgehead atoms. The van der Waals surface area contributed by atoms with Gasteiger partial charge >= 0.3 is 0 Å². The van der Waals surface area contributed by atoms with Crippen molar-refractivity contribution in [1.29, 1.82) is 5.26 Å². The number of nitrogens with zero attached hydrogens (tertiary/aromatic N) is 5. The number of alkyl halides is 2. The Morgan fingerprint density at radius 3 is 2.72 bits per heavy atom. The average molecular weight is 472 g/mol. The Morgan fingerprint density at radius 1 is 1.22 bits per heavy atom. The highest BCUT2D eigenvalue weighted by atomic mass is 35.5. The lowest BCUT2D eigenvalue weighted by Crippen LogP contribution is -2.18. The number of fused-ring (bicyclic) bond motifs is 1. The monoisotopic (exact) mass is 471 g/mol. The summed E-state index contributed by atoms with van der Waals surface area (Å²) in [5.41, 5.74) is 3.73. The fourth-order valence-corrected chi connectivity index (χ4v) is 4.76. The van der Waals surface area contributed by atoms with Crippen LogP contribution < -0.4 is 13.3 Å². The highest BCUT2D eigenvalue weighted by Crippen LogP contribution is 2.53. The van der Waals surface area contributed by atoms with E-state index in [-0.39, 0.29) is 17.5 Å². The molecule has 1 aliphatic heterocycles. The van der Waals surface area contributed by atoms with Crippen molar-refractivity contribution in [3.63, 3.8) is 0 Å². The van der Waals surface area contributed by atoms with Gasteiger partial charge in [-0.25, -0.2) is 18.7 Å². The molecule has 3 aromatic rings. The van der Waals surface area contributed by atoms with Crippen LogP contribution in [0, 0.1) is 17.2 Å². The van der Waals surface area contributed by atoms with Crippen molar-refractivity contribution >= 4 is 35.1 Å². The smallest absolute Gasteiger partial charge is 0.257 e. The number of aromatic nitrogens is 2. The SMILES string of the molecule is CN1SN(CC2CC2(F)F)c2ccc(-c3cc(Oc4nccnc4Cl)ccc3C#N)cc21. The van der Waals surface area contributed by atoms with Crippen molar-refractivity contribution in [1.82, 2.24) is 9.97 Å². The predicted molar refractivity (Wildman–Crippen MR) is 120 cm³/mol.